The van der Waals surface area contributed by atoms with Gasteiger partial charge >= 0.3 is 0 Å². The van der Waals surface area contributed by atoms with E-state index in [2.05, 4.69) is 19.2 Å². The highest BCUT2D eigenvalue weighted by Gasteiger charge is 2.11. The topological polar surface area (TPSA) is 55.3 Å². The summed E-state index contributed by atoms with van der Waals surface area (Å²) in [7, 11) is 1.66. The van der Waals surface area contributed by atoms with E-state index in [1.165, 1.54) is 25.7 Å². The van der Waals surface area contributed by atoms with Crippen molar-refractivity contribution in [2.75, 3.05) is 26.8 Å². The van der Waals surface area contributed by atoms with Crippen LogP contribution in [0.2, 0.25) is 0 Å². The number of nitrogens with two attached hydrogens (primary N) is 1. The van der Waals surface area contributed by atoms with Crippen molar-refractivity contribution in [1.29, 1.82) is 0 Å². The third kappa shape index (κ3) is 8.94. The summed E-state index contributed by atoms with van der Waals surface area (Å²) < 4.78 is 10.7. The first-order valence-electron chi connectivity index (χ1n) is 8.89. The molecular weight excluding hydrogens is 290 g/mol. The third-order valence-electron chi connectivity index (χ3n) is 4.22. The largest absolute Gasteiger partial charge is 0.497 e. The molecule has 0 fully saturated rings. The fourth-order valence-corrected chi connectivity index (χ4v) is 2.61. The van der Waals surface area contributed by atoms with Gasteiger partial charge in [0, 0.05) is 5.92 Å². The van der Waals surface area contributed by atoms with Crippen molar-refractivity contribution in [3.63, 3.8) is 0 Å². The molecule has 0 amide bonds. The molecule has 1 aromatic rings. The van der Waals surface area contributed by atoms with Crippen molar-refractivity contribution in [2.24, 2.45) is 5.92 Å². The third-order valence-corrected chi connectivity index (χ3v) is 4.22. The number of unbranched alkanes of at least 4 members (excludes halogenated alkanes) is 1. The molecule has 0 aliphatic rings. The number of aliphatic hydroxyl groups is 1. The molecule has 0 bridgehead atoms. The number of hydrogen-bond donors (Lipinski definition) is 2. The van der Waals surface area contributed by atoms with Crippen molar-refractivity contribution >= 4 is 0 Å². The molecule has 132 valence electrons. The number of quaternary nitrogens is 1. The maximum Gasteiger partial charge on any atom is 0.126 e. The summed E-state index contributed by atoms with van der Waals surface area (Å²) in [5.41, 5.74) is 1.09. The molecular formula is C19H34NO3+. The zero-order valence-corrected chi connectivity index (χ0v) is 15.0. The van der Waals surface area contributed by atoms with Crippen LogP contribution in [-0.2, 0) is 11.3 Å². The van der Waals surface area contributed by atoms with Gasteiger partial charge in [0.1, 0.15) is 18.4 Å². The molecule has 0 aliphatic carbocycles. The summed E-state index contributed by atoms with van der Waals surface area (Å²) in [6.07, 6.45) is 4.68. The minimum absolute atomic E-state index is 0.383. The highest BCUT2D eigenvalue weighted by Crippen LogP contribution is 2.12. The zero-order valence-electron chi connectivity index (χ0n) is 15.0. The Bertz CT molecular complexity index is 394. The van der Waals surface area contributed by atoms with Crippen LogP contribution in [0, 0.1) is 5.92 Å². The van der Waals surface area contributed by atoms with Crippen molar-refractivity contribution in [2.45, 2.75) is 52.2 Å². The van der Waals surface area contributed by atoms with Crippen LogP contribution in [0.3, 0.4) is 0 Å². The first kappa shape index (κ1) is 19.9. The van der Waals surface area contributed by atoms with Gasteiger partial charge in [-0.2, -0.15) is 0 Å². The van der Waals surface area contributed by atoms with E-state index >= 15 is 0 Å². The highest BCUT2D eigenvalue weighted by atomic mass is 16.5. The number of ether oxygens (including phenoxy) is 2. The second-order valence-corrected chi connectivity index (χ2v) is 6.19. The molecule has 2 atom stereocenters. The zero-order chi connectivity index (χ0) is 16.9. The van der Waals surface area contributed by atoms with Gasteiger partial charge in [-0.3, -0.25) is 0 Å². The van der Waals surface area contributed by atoms with Crippen molar-refractivity contribution < 1.29 is 19.9 Å². The molecule has 4 nitrogen and oxygen atoms in total. The maximum atomic E-state index is 9.99. The fourth-order valence-electron chi connectivity index (χ4n) is 2.61. The molecule has 0 unspecified atom stereocenters. The molecule has 0 saturated carbocycles. The SMILES string of the molecule is CCCC[C@@H](CC)C[NH2+]C[C@@H](O)COCc1ccc(OC)cc1. The van der Waals surface area contributed by atoms with E-state index in [1.54, 1.807) is 7.11 Å². The summed E-state index contributed by atoms with van der Waals surface area (Å²) in [5, 5.41) is 12.2. The molecule has 0 spiro atoms. The first-order chi connectivity index (χ1) is 11.2. The van der Waals surface area contributed by atoms with E-state index in [-0.39, 0.29) is 0 Å². The lowest BCUT2D eigenvalue weighted by molar-refractivity contribution is -0.667. The van der Waals surface area contributed by atoms with Gasteiger partial charge < -0.3 is 19.9 Å². The number of aliphatic hydroxyl groups excluding tert-OH is 1. The van der Waals surface area contributed by atoms with Gasteiger partial charge in [-0.25, -0.2) is 0 Å². The summed E-state index contributed by atoms with van der Waals surface area (Å²) in [6, 6.07) is 7.81. The monoisotopic (exact) mass is 324 g/mol. The molecule has 0 heterocycles. The van der Waals surface area contributed by atoms with Crippen LogP contribution in [0.5, 0.6) is 5.75 Å². The molecule has 0 saturated heterocycles. The van der Waals surface area contributed by atoms with Crippen molar-refractivity contribution in [3.05, 3.63) is 29.8 Å². The van der Waals surface area contributed by atoms with Gasteiger partial charge in [0.05, 0.1) is 26.9 Å². The van der Waals surface area contributed by atoms with Gasteiger partial charge in [0.25, 0.3) is 0 Å². The van der Waals surface area contributed by atoms with Crippen LogP contribution in [0.1, 0.15) is 45.1 Å². The van der Waals surface area contributed by atoms with Crippen LogP contribution in [0.15, 0.2) is 24.3 Å². The standard InChI is InChI=1S/C19H33NO3/c1-4-6-7-16(5-2)12-20-13-18(21)15-23-14-17-8-10-19(22-3)11-9-17/h8-11,16,18,20-21H,4-7,12-15H2,1-3H3/p+1/t16-,18-/m1/s1. The molecule has 3 N–H and O–H groups in total. The lowest BCUT2D eigenvalue weighted by Crippen LogP contribution is -2.87. The van der Waals surface area contributed by atoms with Crippen molar-refractivity contribution in [1.82, 2.24) is 0 Å². The fraction of sp³-hybridized carbons (Fsp3) is 0.684. The average molecular weight is 324 g/mol. The van der Waals surface area contributed by atoms with Gasteiger partial charge in [-0.15, -0.1) is 0 Å². The highest BCUT2D eigenvalue weighted by molar-refractivity contribution is 5.26. The van der Waals surface area contributed by atoms with Gasteiger partial charge in [-0.05, 0) is 30.5 Å². The van der Waals surface area contributed by atoms with E-state index in [4.69, 9.17) is 9.47 Å². The Morgan fingerprint density at radius 1 is 1.13 bits per heavy atom. The first-order valence-corrected chi connectivity index (χ1v) is 8.89. The van der Waals surface area contributed by atoms with Crippen LogP contribution in [-0.4, -0.2) is 38.0 Å². The van der Waals surface area contributed by atoms with Gasteiger partial charge in [-0.1, -0.05) is 38.8 Å². The molecule has 4 heteroatoms. The Hall–Kier alpha value is -1.10. The Kier molecular flexibility index (Phi) is 10.7. The minimum Gasteiger partial charge on any atom is -0.497 e. The summed E-state index contributed by atoms with van der Waals surface area (Å²) in [5.74, 6) is 1.61. The van der Waals surface area contributed by atoms with E-state index in [0.29, 0.717) is 19.8 Å². The van der Waals surface area contributed by atoms with E-state index < -0.39 is 6.10 Å². The minimum atomic E-state index is -0.406. The molecule has 0 aromatic heterocycles. The maximum absolute atomic E-state index is 9.99. The quantitative estimate of drug-likeness (QED) is 0.586. The molecule has 0 aliphatic heterocycles. The number of hydrogen-bond acceptors (Lipinski definition) is 3. The molecule has 1 aromatic carbocycles. The second-order valence-electron chi connectivity index (χ2n) is 6.19. The summed E-state index contributed by atoms with van der Waals surface area (Å²) in [6.45, 7) is 7.21. The van der Waals surface area contributed by atoms with Gasteiger partial charge in [0.15, 0.2) is 0 Å². The van der Waals surface area contributed by atoms with Crippen LogP contribution < -0.4 is 10.1 Å². The second kappa shape index (κ2) is 12.3. The van der Waals surface area contributed by atoms with E-state index in [9.17, 15) is 5.11 Å². The predicted octanol–water partition coefficient (Wildman–Crippen LogP) is 2.35. The lowest BCUT2D eigenvalue weighted by Gasteiger charge is -2.15. The molecule has 1 rings (SSSR count). The summed E-state index contributed by atoms with van der Waals surface area (Å²) >= 11 is 0. The number of methoxy groups -OCH3 is 1. The van der Waals surface area contributed by atoms with E-state index in [1.807, 2.05) is 24.3 Å². The van der Waals surface area contributed by atoms with Crippen molar-refractivity contribution in [3.8, 4) is 5.75 Å². The smallest absolute Gasteiger partial charge is 0.126 e. The molecule has 0 radical (unpaired) electrons. The van der Waals surface area contributed by atoms with Crippen LogP contribution in [0.4, 0.5) is 0 Å². The lowest BCUT2D eigenvalue weighted by atomic mass is 9.99. The Morgan fingerprint density at radius 3 is 2.48 bits per heavy atom. The Balaban J connectivity index is 2.12. The Labute approximate surface area is 141 Å². The number of benzene rings is 1. The van der Waals surface area contributed by atoms with Crippen LogP contribution in [0.25, 0.3) is 0 Å². The predicted molar refractivity (Wildman–Crippen MR) is 93.6 cm³/mol. The Morgan fingerprint density at radius 2 is 1.87 bits per heavy atom. The molecule has 23 heavy (non-hydrogen) atoms. The number of rotatable bonds is 13. The van der Waals surface area contributed by atoms with E-state index in [0.717, 1.165) is 23.8 Å². The normalized spacial score (nSPS) is 13.7. The van der Waals surface area contributed by atoms with Crippen LogP contribution >= 0.6 is 0 Å². The summed E-state index contributed by atoms with van der Waals surface area (Å²) in [4.78, 5) is 0. The average Bonchev–Trinajstić information content (AvgIpc) is 2.58. The van der Waals surface area contributed by atoms with Gasteiger partial charge in [0.2, 0.25) is 0 Å².